The molecule has 22 heavy (non-hydrogen) atoms. The van der Waals surface area contributed by atoms with E-state index in [1.165, 1.54) is 5.56 Å². The molecule has 0 saturated heterocycles. The summed E-state index contributed by atoms with van der Waals surface area (Å²) in [5.41, 5.74) is 1.20. The van der Waals surface area contributed by atoms with E-state index in [0.29, 0.717) is 13.0 Å². The Morgan fingerprint density at radius 1 is 1.36 bits per heavy atom. The molecule has 0 aromatic heterocycles. The van der Waals surface area contributed by atoms with Gasteiger partial charge in [0.05, 0.1) is 13.7 Å². The van der Waals surface area contributed by atoms with Crippen LogP contribution in [0.1, 0.15) is 31.7 Å². The van der Waals surface area contributed by atoms with E-state index in [9.17, 15) is 9.90 Å². The van der Waals surface area contributed by atoms with Crippen LogP contribution < -0.4 is 10.1 Å². The van der Waals surface area contributed by atoms with E-state index < -0.39 is 12.3 Å². The number of amides is 1. The summed E-state index contributed by atoms with van der Waals surface area (Å²) < 4.78 is 10.0. The zero-order valence-electron chi connectivity index (χ0n) is 13.2. The molecule has 1 rings (SSSR count). The molecular weight excluding hydrogens is 302 g/mol. The SMILES string of the molecule is CCCCOC(=O)NC(O)CCSCc1ccc(OC)cc1. The highest BCUT2D eigenvalue weighted by Gasteiger charge is 2.09. The zero-order chi connectivity index (χ0) is 16.2. The first-order valence-electron chi connectivity index (χ1n) is 7.47. The minimum absolute atomic E-state index is 0.390. The molecule has 0 aliphatic rings. The zero-order valence-corrected chi connectivity index (χ0v) is 14.0. The molecule has 0 radical (unpaired) electrons. The Hall–Kier alpha value is -1.40. The summed E-state index contributed by atoms with van der Waals surface area (Å²) in [6.45, 7) is 2.41. The molecule has 6 heteroatoms. The van der Waals surface area contributed by atoms with Gasteiger partial charge in [-0.3, -0.25) is 5.32 Å². The standard InChI is InChI=1S/C16H25NO4S/c1-3-4-10-21-16(19)17-15(18)9-11-22-12-13-5-7-14(20-2)8-6-13/h5-8,15,18H,3-4,9-12H2,1-2H3,(H,17,19). The van der Waals surface area contributed by atoms with Crippen molar-refractivity contribution in [3.8, 4) is 5.75 Å². The van der Waals surface area contributed by atoms with E-state index in [1.807, 2.05) is 31.2 Å². The number of hydrogen-bond acceptors (Lipinski definition) is 5. The first-order chi connectivity index (χ1) is 10.7. The molecule has 0 aliphatic heterocycles. The third-order valence-corrected chi connectivity index (χ3v) is 4.04. The van der Waals surface area contributed by atoms with E-state index in [1.54, 1.807) is 18.9 Å². The summed E-state index contributed by atoms with van der Waals surface area (Å²) in [4.78, 5) is 11.3. The van der Waals surface area contributed by atoms with Crippen molar-refractivity contribution in [2.45, 2.75) is 38.2 Å². The van der Waals surface area contributed by atoms with E-state index >= 15 is 0 Å². The molecule has 1 amide bonds. The van der Waals surface area contributed by atoms with Crippen LogP contribution in [0.4, 0.5) is 4.79 Å². The number of methoxy groups -OCH3 is 1. The van der Waals surface area contributed by atoms with Crippen LogP contribution in [0.15, 0.2) is 24.3 Å². The monoisotopic (exact) mass is 327 g/mol. The highest BCUT2D eigenvalue weighted by molar-refractivity contribution is 7.98. The van der Waals surface area contributed by atoms with Crippen LogP contribution in [0.3, 0.4) is 0 Å². The van der Waals surface area contributed by atoms with Crippen LogP contribution in [-0.2, 0) is 10.5 Å². The number of nitrogens with one attached hydrogen (secondary N) is 1. The summed E-state index contributed by atoms with van der Waals surface area (Å²) in [6.07, 6.45) is 0.876. The quantitative estimate of drug-likeness (QED) is 0.510. The van der Waals surface area contributed by atoms with Gasteiger partial charge in [0, 0.05) is 12.2 Å². The fourth-order valence-corrected chi connectivity index (χ4v) is 2.63. The van der Waals surface area contributed by atoms with Gasteiger partial charge in [-0.15, -0.1) is 0 Å². The van der Waals surface area contributed by atoms with Crippen LogP contribution in [0.2, 0.25) is 0 Å². The molecule has 1 aromatic carbocycles. The Morgan fingerprint density at radius 2 is 2.09 bits per heavy atom. The molecule has 0 bridgehead atoms. The van der Waals surface area contributed by atoms with Crippen molar-refractivity contribution in [3.63, 3.8) is 0 Å². The summed E-state index contributed by atoms with van der Waals surface area (Å²) in [7, 11) is 1.64. The number of rotatable bonds is 10. The third-order valence-electron chi connectivity index (χ3n) is 2.98. The summed E-state index contributed by atoms with van der Waals surface area (Å²) in [5.74, 6) is 2.45. The molecular formula is C16H25NO4S. The number of ether oxygens (including phenoxy) is 2. The normalized spacial score (nSPS) is 11.8. The molecule has 0 fully saturated rings. The predicted octanol–water partition coefficient (Wildman–Crippen LogP) is 3.16. The van der Waals surface area contributed by atoms with Gasteiger partial charge >= 0.3 is 6.09 Å². The van der Waals surface area contributed by atoms with Crippen molar-refractivity contribution < 1.29 is 19.4 Å². The number of benzene rings is 1. The lowest BCUT2D eigenvalue weighted by Gasteiger charge is -2.12. The first-order valence-corrected chi connectivity index (χ1v) is 8.63. The van der Waals surface area contributed by atoms with Gasteiger partial charge in [0.2, 0.25) is 0 Å². The molecule has 0 heterocycles. The number of unbranched alkanes of at least 4 members (excludes halogenated alkanes) is 1. The number of carbonyl (C=O) groups excluding carboxylic acids is 1. The van der Waals surface area contributed by atoms with Gasteiger partial charge in [0.15, 0.2) is 0 Å². The molecule has 1 aromatic rings. The lowest BCUT2D eigenvalue weighted by atomic mass is 10.2. The van der Waals surface area contributed by atoms with Crippen molar-refractivity contribution in [1.82, 2.24) is 5.32 Å². The molecule has 0 aliphatic carbocycles. The molecule has 1 unspecified atom stereocenters. The fourth-order valence-electron chi connectivity index (χ4n) is 1.67. The van der Waals surface area contributed by atoms with Crippen LogP contribution >= 0.6 is 11.8 Å². The maximum Gasteiger partial charge on any atom is 0.409 e. The minimum Gasteiger partial charge on any atom is -0.497 e. The second-order valence-electron chi connectivity index (χ2n) is 4.84. The largest absolute Gasteiger partial charge is 0.497 e. The van der Waals surface area contributed by atoms with Gasteiger partial charge in [0.1, 0.15) is 12.0 Å². The average Bonchev–Trinajstić information content (AvgIpc) is 2.52. The number of carbonyl (C=O) groups is 1. The lowest BCUT2D eigenvalue weighted by molar-refractivity contribution is 0.0966. The van der Waals surface area contributed by atoms with Gasteiger partial charge in [-0.1, -0.05) is 25.5 Å². The van der Waals surface area contributed by atoms with Crippen molar-refractivity contribution in [1.29, 1.82) is 0 Å². The maximum absolute atomic E-state index is 11.3. The Labute approximate surface area is 136 Å². The van der Waals surface area contributed by atoms with Gasteiger partial charge < -0.3 is 14.6 Å². The van der Waals surface area contributed by atoms with Crippen molar-refractivity contribution in [2.24, 2.45) is 0 Å². The smallest absolute Gasteiger partial charge is 0.409 e. The summed E-state index contributed by atoms with van der Waals surface area (Å²) in [5, 5.41) is 12.1. The third kappa shape index (κ3) is 8.14. The van der Waals surface area contributed by atoms with Gasteiger partial charge in [-0.25, -0.2) is 4.79 Å². The minimum atomic E-state index is -0.863. The second-order valence-corrected chi connectivity index (χ2v) is 5.94. The number of aliphatic hydroxyl groups excluding tert-OH is 1. The number of aliphatic hydroxyl groups is 1. The molecule has 0 saturated carbocycles. The van der Waals surface area contributed by atoms with E-state index in [0.717, 1.165) is 30.1 Å². The molecule has 1 atom stereocenters. The molecule has 5 nitrogen and oxygen atoms in total. The van der Waals surface area contributed by atoms with Crippen molar-refractivity contribution in [2.75, 3.05) is 19.5 Å². The molecule has 0 spiro atoms. The maximum atomic E-state index is 11.3. The summed E-state index contributed by atoms with van der Waals surface area (Å²) in [6, 6.07) is 7.90. The fraction of sp³-hybridized carbons (Fsp3) is 0.562. The molecule has 2 N–H and O–H groups in total. The topological polar surface area (TPSA) is 67.8 Å². The van der Waals surface area contributed by atoms with Crippen molar-refractivity contribution >= 4 is 17.9 Å². The van der Waals surface area contributed by atoms with Crippen molar-refractivity contribution in [3.05, 3.63) is 29.8 Å². The van der Waals surface area contributed by atoms with Crippen LogP contribution in [0.25, 0.3) is 0 Å². The number of thioether (sulfide) groups is 1. The Kier molecular flexibility index (Phi) is 9.50. The predicted molar refractivity (Wildman–Crippen MR) is 89.2 cm³/mol. The Balaban J connectivity index is 2.11. The highest BCUT2D eigenvalue weighted by Crippen LogP contribution is 2.17. The molecule has 124 valence electrons. The van der Waals surface area contributed by atoms with Gasteiger partial charge in [-0.2, -0.15) is 11.8 Å². The Morgan fingerprint density at radius 3 is 2.73 bits per heavy atom. The van der Waals surface area contributed by atoms with E-state index in [2.05, 4.69) is 5.32 Å². The van der Waals surface area contributed by atoms with Crippen LogP contribution in [0.5, 0.6) is 5.75 Å². The van der Waals surface area contributed by atoms with Crippen LogP contribution in [-0.4, -0.2) is 36.9 Å². The van der Waals surface area contributed by atoms with Gasteiger partial charge in [0.25, 0.3) is 0 Å². The van der Waals surface area contributed by atoms with Crippen LogP contribution in [0, 0.1) is 0 Å². The number of hydrogen-bond donors (Lipinski definition) is 2. The Bertz CT molecular complexity index is 425. The van der Waals surface area contributed by atoms with E-state index in [4.69, 9.17) is 9.47 Å². The summed E-state index contributed by atoms with van der Waals surface area (Å²) >= 11 is 1.70. The first kappa shape index (κ1) is 18.6. The lowest BCUT2D eigenvalue weighted by Crippen LogP contribution is -2.35. The number of alkyl carbamates (subject to hydrolysis) is 1. The van der Waals surface area contributed by atoms with Gasteiger partial charge in [-0.05, 0) is 29.9 Å². The highest BCUT2D eigenvalue weighted by atomic mass is 32.2. The average molecular weight is 327 g/mol. The second kappa shape index (κ2) is 11.2. The van der Waals surface area contributed by atoms with E-state index in [-0.39, 0.29) is 0 Å².